The van der Waals surface area contributed by atoms with Crippen molar-refractivity contribution in [3.63, 3.8) is 0 Å². The van der Waals surface area contributed by atoms with E-state index in [-0.39, 0.29) is 18.2 Å². The number of nitrogens with one attached hydrogen (secondary N) is 1. The maximum atomic E-state index is 11.3. The van der Waals surface area contributed by atoms with E-state index in [0.717, 1.165) is 6.42 Å². The first-order chi connectivity index (χ1) is 7.22. The minimum atomic E-state index is -0.151. The van der Waals surface area contributed by atoms with Crippen molar-refractivity contribution in [3.05, 3.63) is 0 Å². The van der Waals surface area contributed by atoms with Gasteiger partial charge in [0.2, 0.25) is 5.91 Å². The lowest BCUT2D eigenvalue weighted by Gasteiger charge is -2.03. The molecule has 0 unspecified atom stereocenters. The van der Waals surface area contributed by atoms with Gasteiger partial charge in [-0.3, -0.25) is 9.59 Å². The van der Waals surface area contributed by atoms with Crippen molar-refractivity contribution in [2.45, 2.75) is 12.8 Å². The van der Waals surface area contributed by atoms with Gasteiger partial charge in [0.15, 0.2) is 0 Å². The largest absolute Gasteiger partial charge is 0.385 e. The van der Waals surface area contributed by atoms with Crippen molar-refractivity contribution < 1.29 is 14.3 Å². The topological polar surface area (TPSA) is 67.8 Å². The second-order valence-corrected chi connectivity index (χ2v) is 4.11. The highest BCUT2D eigenvalue weighted by Crippen LogP contribution is 2.15. The van der Waals surface area contributed by atoms with Gasteiger partial charge in [-0.1, -0.05) is 0 Å². The number of rotatable bonds is 6. The molecule has 1 heterocycles. The summed E-state index contributed by atoms with van der Waals surface area (Å²) in [6.07, 6.45) is 1.00. The van der Waals surface area contributed by atoms with Crippen molar-refractivity contribution in [1.82, 2.24) is 5.32 Å². The van der Waals surface area contributed by atoms with Crippen LogP contribution in [0.4, 0.5) is 0 Å². The Bertz CT molecular complexity index is 279. The highest BCUT2D eigenvalue weighted by Gasteiger charge is 2.16. The molecule has 5 nitrogen and oxygen atoms in total. The first kappa shape index (κ1) is 12.2. The number of methoxy groups -OCH3 is 1. The fourth-order valence-electron chi connectivity index (χ4n) is 1.08. The normalized spacial score (nSPS) is 15.3. The molecular formula is C9H14N2O3S. The Labute approximate surface area is 92.7 Å². The van der Waals surface area contributed by atoms with E-state index in [0.29, 0.717) is 23.9 Å². The maximum absolute atomic E-state index is 11.3. The molecule has 0 aliphatic carbocycles. The average molecular weight is 230 g/mol. The number of carbonyl (C=O) groups is 2. The molecule has 1 rings (SSSR count). The highest BCUT2D eigenvalue weighted by atomic mass is 32.2. The number of nitrogens with zero attached hydrogens (tertiary/aromatic N) is 1. The van der Waals surface area contributed by atoms with E-state index < -0.39 is 0 Å². The molecule has 0 fully saturated rings. The summed E-state index contributed by atoms with van der Waals surface area (Å²) in [7, 11) is 1.62. The Morgan fingerprint density at radius 3 is 3.07 bits per heavy atom. The van der Waals surface area contributed by atoms with Gasteiger partial charge < -0.3 is 10.1 Å². The smallest absolute Gasteiger partial charge is 0.256 e. The maximum Gasteiger partial charge on any atom is 0.256 e. The van der Waals surface area contributed by atoms with Gasteiger partial charge in [-0.05, 0) is 6.42 Å². The Morgan fingerprint density at radius 2 is 2.47 bits per heavy atom. The van der Waals surface area contributed by atoms with Gasteiger partial charge in [-0.2, -0.15) is 0 Å². The molecule has 0 atom stereocenters. The Hall–Kier alpha value is -0.880. The van der Waals surface area contributed by atoms with Gasteiger partial charge in [0, 0.05) is 20.3 Å². The zero-order chi connectivity index (χ0) is 11.1. The first-order valence-corrected chi connectivity index (χ1v) is 5.69. The van der Waals surface area contributed by atoms with Crippen LogP contribution >= 0.6 is 11.8 Å². The molecule has 2 amide bonds. The quantitative estimate of drug-likeness (QED) is 0.662. The van der Waals surface area contributed by atoms with Gasteiger partial charge in [0.05, 0.1) is 17.2 Å². The Morgan fingerprint density at radius 1 is 1.67 bits per heavy atom. The SMILES string of the molecule is COCCCNC(=O)CC1=NC(=O)CS1. The van der Waals surface area contributed by atoms with Crippen molar-refractivity contribution in [1.29, 1.82) is 0 Å². The van der Waals surface area contributed by atoms with Gasteiger partial charge in [0.1, 0.15) is 0 Å². The second kappa shape index (κ2) is 6.58. The van der Waals surface area contributed by atoms with E-state index in [1.807, 2.05) is 0 Å². The lowest BCUT2D eigenvalue weighted by molar-refractivity contribution is -0.119. The van der Waals surface area contributed by atoms with Gasteiger partial charge in [-0.25, -0.2) is 4.99 Å². The van der Waals surface area contributed by atoms with Crippen LogP contribution in [-0.4, -0.2) is 42.9 Å². The predicted octanol–water partition coefficient (Wildman–Crippen LogP) is 0.201. The van der Waals surface area contributed by atoms with Crippen LogP contribution in [0.2, 0.25) is 0 Å². The summed E-state index contributed by atoms with van der Waals surface area (Å²) in [5, 5.41) is 3.35. The summed E-state index contributed by atoms with van der Waals surface area (Å²) in [6, 6.07) is 0. The molecule has 0 radical (unpaired) electrons. The number of ether oxygens (including phenoxy) is 1. The van der Waals surface area contributed by atoms with Crippen LogP contribution in [0.15, 0.2) is 4.99 Å². The summed E-state index contributed by atoms with van der Waals surface area (Å²) >= 11 is 1.34. The van der Waals surface area contributed by atoms with Crippen molar-refractivity contribution in [2.24, 2.45) is 4.99 Å². The lowest BCUT2D eigenvalue weighted by Crippen LogP contribution is -2.26. The van der Waals surface area contributed by atoms with Gasteiger partial charge >= 0.3 is 0 Å². The lowest BCUT2D eigenvalue weighted by atomic mass is 10.4. The van der Waals surface area contributed by atoms with Gasteiger partial charge in [0.25, 0.3) is 5.91 Å². The second-order valence-electron chi connectivity index (χ2n) is 3.06. The molecule has 1 N–H and O–H groups in total. The van der Waals surface area contributed by atoms with E-state index >= 15 is 0 Å². The monoisotopic (exact) mass is 230 g/mol. The highest BCUT2D eigenvalue weighted by molar-refractivity contribution is 8.15. The third-order valence-electron chi connectivity index (χ3n) is 1.77. The standard InChI is InChI=1S/C9H14N2O3S/c1-14-4-2-3-10-7(12)5-9-11-8(13)6-15-9/h2-6H2,1H3,(H,10,12). The molecule has 0 spiro atoms. The zero-order valence-electron chi connectivity index (χ0n) is 8.62. The summed E-state index contributed by atoms with van der Waals surface area (Å²) in [5.74, 6) is 0.126. The van der Waals surface area contributed by atoms with Crippen LogP contribution in [0.25, 0.3) is 0 Å². The van der Waals surface area contributed by atoms with E-state index in [4.69, 9.17) is 4.74 Å². The Kier molecular flexibility index (Phi) is 5.34. The van der Waals surface area contributed by atoms with Gasteiger partial charge in [-0.15, -0.1) is 11.8 Å². The van der Waals surface area contributed by atoms with Crippen LogP contribution in [0.3, 0.4) is 0 Å². The molecule has 0 bridgehead atoms. The molecule has 1 aliphatic heterocycles. The molecule has 84 valence electrons. The van der Waals surface area contributed by atoms with Crippen LogP contribution in [-0.2, 0) is 14.3 Å². The molecule has 0 aromatic rings. The summed E-state index contributed by atoms with van der Waals surface area (Å²) in [5.41, 5.74) is 0. The summed E-state index contributed by atoms with van der Waals surface area (Å²) < 4.78 is 4.85. The zero-order valence-corrected chi connectivity index (χ0v) is 9.43. The van der Waals surface area contributed by atoms with Crippen molar-refractivity contribution >= 4 is 28.6 Å². The fraction of sp³-hybridized carbons (Fsp3) is 0.667. The molecular weight excluding hydrogens is 216 g/mol. The van der Waals surface area contributed by atoms with Crippen molar-refractivity contribution in [2.75, 3.05) is 26.0 Å². The molecule has 6 heteroatoms. The molecule has 0 aromatic heterocycles. The minimum absolute atomic E-state index is 0.0907. The number of hydrogen-bond acceptors (Lipinski definition) is 4. The number of amides is 2. The van der Waals surface area contributed by atoms with Crippen LogP contribution in [0.5, 0.6) is 0 Å². The third kappa shape index (κ3) is 4.94. The predicted molar refractivity (Wildman–Crippen MR) is 59.0 cm³/mol. The van der Waals surface area contributed by atoms with Crippen LogP contribution in [0.1, 0.15) is 12.8 Å². The molecule has 0 aromatic carbocycles. The van der Waals surface area contributed by atoms with E-state index in [2.05, 4.69) is 10.3 Å². The van der Waals surface area contributed by atoms with E-state index in [1.165, 1.54) is 11.8 Å². The van der Waals surface area contributed by atoms with E-state index in [9.17, 15) is 9.59 Å². The molecule has 0 saturated heterocycles. The third-order valence-corrected chi connectivity index (χ3v) is 2.73. The van der Waals surface area contributed by atoms with Crippen LogP contribution in [0, 0.1) is 0 Å². The molecule has 15 heavy (non-hydrogen) atoms. The number of aliphatic imine (C=N–C) groups is 1. The van der Waals surface area contributed by atoms with Crippen molar-refractivity contribution in [3.8, 4) is 0 Å². The number of hydrogen-bond donors (Lipinski definition) is 1. The van der Waals surface area contributed by atoms with E-state index in [1.54, 1.807) is 7.11 Å². The minimum Gasteiger partial charge on any atom is -0.385 e. The summed E-state index contributed by atoms with van der Waals surface area (Å²) in [6.45, 7) is 1.23. The first-order valence-electron chi connectivity index (χ1n) is 4.71. The molecule has 0 saturated carbocycles. The average Bonchev–Trinajstić information content (AvgIpc) is 2.59. The summed E-state index contributed by atoms with van der Waals surface area (Å²) in [4.78, 5) is 25.8. The Balaban J connectivity index is 2.13. The molecule has 1 aliphatic rings. The fourth-order valence-corrected chi connectivity index (χ4v) is 1.84. The number of thioether (sulfide) groups is 1. The number of carbonyl (C=O) groups excluding carboxylic acids is 2. The van der Waals surface area contributed by atoms with Crippen LogP contribution < -0.4 is 5.32 Å².